The van der Waals surface area contributed by atoms with Crippen LogP contribution in [-0.4, -0.2) is 26.0 Å². The predicted molar refractivity (Wildman–Crippen MR) is 111 cm³/mol. The van der Waals surface area contributed by atoms with Gasteiger partial charge in [-0.05, 0) is 73.2 Å². The Labute approximate surface area is 166 Å². The molecule has 3 rings (SSSR count). The van der Waals surface area contributed by atoms with Gasteiger partial charge in [-0.2, -0.15) is 9.57 Å². The number of hydrogen-bond acceptors (Lipinski definition) is 6. The van der Waals surface area contributed by atoms with Crippen molar-refractivity contribution in [1.82, 2.24) is 4.31 Å². The minimum atomic E-state index is -3.34. The van der Waals surface area contributed by atoms with Gasteiger partial charge in [0, 0.05) is 12.6 Å². The number of nitrogens with zero attached hydrogens (tertiary/aromatic N) is 3. The van der Waals surface area contributed by atoms with E-state index in [1.807, 2.05) is 6.92 Å². The number of para-hydroxylation sites is 1. The summed E-state index contributed by atoms with van der Waals surface area (Å²) in [5, 5.41) is 9.67. The van der Waals surface area contributed by atoms with Crippen molar-refractivity contribution in [3.63, 3.8) is 0 Å². The third-order valence-corrected chi connectivity index (χ3v) is 7.02. The average Bonchev–Trinajstić information content (AvgIpc) is 2.65. The highest BCUT2D eigenvalue weighted by Gasteiger charge is 2.41. The number of nitriles is 1. The fourth-order valence-electron chi connectivity index (χ4n) is 3.30. The smallest absolute Gasteiger partial charge is 0.0991 e. The maximum Gasteiger partial charge on any atom is 0.0991 e. The second-order valence-electron chi connectivity index (χ2n) is 6.55. The van der Waals surface area contributed by atoms with Crippen LogP contribution in [-0.2, 0) is 6.54 Å². The molecule has 1 unspecified atom stereocenters. The first-order valence-corrected chi connectivity index (χ1v) is 10.6. The Morgan fingerprint density at radius 1 is 1.26 bits per heavy atom. The molecule has 0 saturated heterocycles. The van der Waals surface area contributed by atoms with Crippen LogP contribution >= 0.6 is 22.6 Å². The van der Waals surface area contributed by atoms with Gasteiger partial charge in [0.25, 0.3) is 0 Å². The number of halogens is 1. The maximum absolute atomic E-state index is 11.3. The Balaban J connectivity index is 2.15. The lowest BCUT2D eigenvalue weighted by atomic mass is 10.1. The topological polar surface area (TPSA) is 96.8 Å². The number of nitrogens with two attached hydrogens (primary N) is 1. The molecule has 0 spiro atoms. The van der Waals surface area contributed by atoms with Crippen LogP contribution < -0.4 is 10.0 Å². The molecule has 1 aliphatic rings. The van der Waals surface area contributed by atoms with E-state index in [2.05, 4.69) is 6.07 Å². The molecule has 27 heavy (non-hydrogen) atoms. The van der Waals surface area contributed by atoms with Gasteiger partial charge in [-0.1, -0.05) is 23.7 Å². The SMILES string of the molecule is CC(CCCN)N1Cc2cc(C#N)ccc2N(c2ccccc2Cl)S1(O)O. The Hall–Kier alpha value is -1.79. The van der Waals surface area contributed by atoms with Gasteiger partial charge in [0.1, 0.15) is 0 Å². The zero-order valence-corrected chi connectivity index (χ0v) is 16.6. The fourth-order valence-corrected chi connectivity index (χ4v) is 5.55. The van der Waals surface area contributed by atoms with Gasteiger partial charge in [0.15, 0.2) is 0 Å². The number of anilines is 2. The summed E-state index contributed by atoms with van der Waals surface area (Å²) in [5.41, 5.74) is 8.16. The van der Waals surface area contributed by atoms with E-state index >= 15 is 0 Å². The maximum atomic E-state index is 11.3. The zero-order valence-electron chi connectivity index (χ0n) is 15.0. The third kappa shape index (κ3) is 3.78. The van der Waals surface area contributed by atoms with Crippen LogP contribution in [0.25, 0.3) is 0 Å². The summed E-state index contributed by atoms with van der Waals surface area (Å²) in [6, 6.07) is 14.3. The highest BCUT2D eigenvalue weighted by molar-refractivity contribution is 8.23. The molecule has 4 N–H and O–H groups in total. The molecule has 1 heterocycles. The minimum Gasteiger partial charge on any atom is -0.330 e. The van der Waals surface area contributed by atoms with Gasteiger partial charge in [-0.3, -0.25) is 9.11 Å². The summed E-state index contributed by atoms with van der Waals surface area (Å²) in [6.07, 6.45) is 1.51. The summed E-state index contributed by atoms with van der Waals surface area (Å²) < 4.78 is 25.7. The Bertz CT molecular complexity index is 871. The minimum absolute atomic E-state index is 0.109. The van der Waals surface area contributed by atoms with E-state index in [4.69, 9.17) is 17.3 Å². The van der Waals surface area contributed by atoms with Crippen molar-refractivity contribution in [2.75, 3.05) is 10.8 Å². The quantitative estimate of drug-likeness (QED) is 0.655. The molecule has 1 atom stereocenters. The molecule has 0 fully saturated rings. The van der Waals surface area contributed by atoms with E-state index in [1.54, 1.807) is 46.8 Å². The second-order valence-corrected chi connectivity index (χ2v) is 8.77. The van der Waals surface area contributed by atoms with Crippen molar-refractivity contribution in [3.8, 4) is 6.07 Å². The zero-order chi connectivity index (χ0) is 19.6. The standard InChI is InChI=1S/C19H23ClN4O2S/c1-14(5-4-10-21)23-13-16-11-15(12-22)8-9-18(16)24(27(23,25)26)19-7-3-2-6-17(19)20/h2-3,6-9,11,14,25-26H,4-5,10,13,21H2,1H3. The van der Waals surface area contributed by atoms with Crippen LogP contribution in [0, 0.1) is 11.3 Å². The van der Waals surface area contributed by atoms with Gasteiger partial charge in [0.2, 0.25) is 0 Å². The molecule has 0 bridgehead atoms. The van der Waals surface area contributed by atoms with Gasteiger partial charge >= 0.3 is 0 Å². The normalized spacial score (nSPS) is 18.4. The number of rotatable bonds is 5. The van der Waals surface area contributed by atoms with E-state index < -0.39 is 11.0 Å². The molecule has 0 aliphatic carbocycles. The average molecular weight is 407 g/mol. The van der Waals surface area contributed by atoms with Crippen molar-refractivity contribution in [3.05, 3.63) is 58.6 Å². The molecule has 2 aromatic carbocycles. The van der Waals surface area contributed by atoms with E-state index in [1.165, 1.54) is 4.31 Å². The summed E-state index contributed by atoms with van der Waals surface area (Å²) in [4.78, 5) is 0. The lowest BCUT2D eigenvalue weighted by Gasteiger charge is -2.55. The Morgan fingerprint density at radius 2 is 2.00 bits per heavy atom. The van der Waals surface area contributed by atoms with E-state index in [0.717, 1.165) is 18.4 Å². The van der Waals surface area contributed by atoms with Crippen molar-refractivity contribution in [2.45, 2.75) is 32.4 Å². The number of fused-ring (bicyclic) bond motifs is 1. The van der Waals surface area contributed by atoms with Crippen molar-refractivity contribution in [2.24, 2.45) is 5.73 Å². The van der Waals surface area contributed by atoms with Crippen molar-refractivity contribution >= 4 is 33.9 Å². The summed E-state index contributed by atoms with van der Waals surface area (Å²) in [5.74, 6) is 0. The van der Waals surface area contributed by atoms with Crippen LogP contribution in [0.3, 0.4) is 0 Å². The molecule has 0 radical (unpaired) electrons. The first-order chi connectivity index (χ1) is 12.9. The molecule has 0 aromatic heterocycles. The summed E-state index contributed by atoms with van der Waals surface area (Å²) in [7, 11) is -3.34. The van der Waals surface area contributed by atoms with E-state index in [0.29, 0.717) is 35.1 Å². The fraction of sp³-hybridized carbons (Fsp3) is 0.316. The number of hydrogen-bond donors (Lipinski definition) is 3. The first kappa shape index (κ1) is 20.0. The van der Waals surface area contributed by atoms with Crippen LogP contribution in [0.2, 0.25) is 5.02 Å². The summed E-state index contributed by atoms with van der Waals surface area (Å²) >= 11 is 6.38. The molecule has 0 amide bonds. The van der Waals surface area contributed by atoms with Gasteiger partial charge in [-0.25, -0.2) is 4.31 Å². The number of benzene rings is 2. The highest BCUT2D eigenvalue weighted by atomic mass is 35.5. The van der Waals surface area contributed by atoms with Crippen LogP contribution in [0.15, 0.2) is 42.5 Å². The molecule has 144 valence electrons. The third-order valence-electron chi connectivity index (χ3n) is 4.70. The highest BCUT2D eigenvalue weighted by Crippen LogP contribution is 2.60. The van der Waals surface area contributed by atoms with E-state index in [-0.39, 0.29) is 6.04 Å². The first-order valence-electron chi connectivity index (χ1n) is 8.73. The largest absolute Gasteiger partial charge is 0.330 e. The monoisotopic (exact) mass is 406 g/mol. The molecular formula is C19H23ClN4O2S. The van der Waals surface area contributed by atoms with E-state index in [9.17, 15) is 14.4 Å². The molecular weight excluding hydrogens is 384 g/mol. The van der Waals surface area contributed by atoms with Gasteiger partial charge in [-0.15, -0.1) is 0 Å². The van der Waals surface area contributed by atoms with Crippen molar-refractivity contribution < 1.29 is 9.11 Å². The van der Waals surface area contributed by atoms with Gasteiger partial charge in [0.05, 0.1) is 28.0 Å². The molecule has 6 nitrogen and oxygen atoms in total. The molecule has 0 saturated carbocycles. The van der Waals surface area contributed by atoms with Crippen molar-refractivity contribution in [1.29, 1.82) is 5.26 Å². The Morgan fingerprint density at radius 3 is 2.67 bits per heavy atom. The Kier molecular flexibility index (Phi) is 5.96. The van der Waals surface area contributed by atoms with Crippen LogP contribution in [0.1, 0.15) is 30.9 Å². The summed E-state index contributed by atoms with van der Waals surface area (Å²) in [6.45, 7) is 2.83. The van der Waals surface area contributed by atoms with Crippen LogP contribution in [0.5, 0.6) is 0 Å². The molecule has 8 heteroatoms. The molecule has 2 aromatic rings. The van der Waals surface area contributed by atoms with Crippen LogP contribution in [0.4, 0.5) is 11.4 Å². The predicted octanol–water partition coefficient (Wildman–Crippen LogP) is 4.87. The van der Waals surface area contributed by atoms with Gasteiger partial charge < -0.3 is 5.73 Å². The molecule has 1 aliphatic heterocycles. The second kappa shape index (κ2) is 8.07. The lowest BCUT2D eigenvalue weighted by Crippen LogP contribution is -2.45. The lowest BCUT2D eigenvalue weighted by molar-refractivity contribution is 0.270.